The Kier molecular flexibility index (Phi) is 14.3. The number of aliphatic hydroxyl groups is 1. The van der Waals surface area contributed by atoms with Crippen molar-refractivity contribution in [2.75, 3.05) is 12.3 Å². The van der Waals surface area contributed by atoms with Crippen molar-refractivity contribution in [1.29, 1.82) is 0 Å². The van der Waals surface area contributed by atoms with Crippen molar-refractivity contribution in [3.8, 4) is 0 Å². The first-order chi connectivity index (χ1) is 14.6. The number of nitrogens with two attached hydrogens (primary N) is 1. The van der Waals surface area contributed by atoms with E-state index >= 15 is 0 Å². The van der Waals surface area contributed by atoms with E-state index in [0.29, 0.717) is 0 Å². The Morgan fingerprint density at radius 1 is 1.23 bits per heavy atom. The number of H-pyrrole nitrogens is 1. The van der Waals surface area contributed by atoms with Gasteiger partial charge in [0.2, 0.25) is 5.52 Å². The van der Waals surface area contributed by atoms with E-state index in [1.807, 2.05) is 0 Å². The molecule has 0 spiro atoms. The summed E-state index contributed by atoms with van der Waals surface area (Å²) in [6.07, 6.45) is -2.30. The van der Waals surface area contributed by atoms with Crippen molar-refractivity contribution in [3.05, 3.63) is 16.7 Å². The fourth-order valence-corrected chi connectivity index (χ4v) is 5.83. The molecule has 1 aliphatic rings. The molecule has 18 nitrogen and oxygen atoms in total. The van der Waals surface area contributed by atoms with Crippen LogP contribution in [-0.4, -0.2) is 38.5 Å². The van der Waals surface area contributed by atoms with E-state index in [1.165, 1.54) is 22.5 Å². The van der Waals surface area contributed by atoms with Crippen LogP contribution in [0.5, 0.6) is 0 Å². The number of aromatic nitrogens is 4. The molecule has 0 aliphatic carbocycles. The van der Waals surface area contributed by atoms with E-state index in [0.717, 1.165) is 0 Å². The molecule has 35 heavy (non-hydrogen) atoms. The number of aromatic amines is 1. The molecule has 3 heterocycles. The predicted molar refractivity (Wildman–Crippen MR) is 91.4 cm³/mol. The van der Waals surface area contributed by atoms with Gasteiger partial charge in [-0.3, -0.25) is 27.8 Å². The maximum atomic E-state index is 12.1. The van der Waals surface area contributed by atoms with Crippen LogP contribution in [0.2, 0.25) is 0 Å². The Labute approximate surface area is 262 Å². The molecule has 0 bridgehead atoms. The fourth-order valence-electron chi connectivity index (χ4n) is 2.96. The molecule has 0 aromatic carbocycles. The topological polar surface area (TPSA) is 281 Å². The van der Waals surface area contributed by atoms with Gasteiger partial charge < -0.3 is 44.2 Å². The number of phosphoric ester groups is 1. The van der Waals surface area contributed by atoms with Gasteiger partial charge in [-0.25, -0.2) is 8.88 Å². The molecule has 5 atom stereocenters. The zero-order chi connectivity index (χ0) is 24.1. The number of fused-ring (bicyclic) bond motifs is 1. The molecule has 180 valence electrons. The van der Waals surface area contributed by atoms with Crippen LogP contribution in [0, 0.1) is 0 Å². The molecule has 2 aromatic rings. The first-order valence-corrected chi connectivity index (χ1v) is 12.8. The van der Waals surface area contributed by atoms with Gasteiger partial charge in [-0.05, 0) is 0 Å². The van der Waals surface area contributed by atoms with E-state index < -0.39 is 54.1 Å². The Morgan fingerprint density at radius 3 is 2.40 bits per heavy atom. The minimum absolute atomic E-state index is 0. The number of nitrogens with zero attached hydrogens (tertiary/aromatic N) is 3. The molecular formula is C11H15N5Na3O13P3. The number of anilines is 1. The number of nitrogens with one attached hydrogen (secondary N) is 1. The van der Waals surface area contributed by atoms with Gasteiger partial charge in [0, 0.05) is 6.42 Å². The number of hydrogen-bond donors (Lipinski definition) is 3. The van der Waals surface area contributed by atoms with Crippen LogP contribution in [0.1, 0.15) is 12.6 Å². The van der Waals surface area contributed by atoms with Gasteiger partial charge in [0.05, 0.1) is 27.6 Å². The summed E-state index contributed by atoms with van der Waals surface area (Å²) in [5.41, 5.74) is 5.25. The normalized spacial score (nSPS) is 23.4. The van der Waals surface area contributed by atoms with Gasteiger partial charge in [0.15, 0.2) is 12.6 Å². The summed E-state index contributed by atoms with van der Waals surface area (Å²) in [6.45, 7) is -0.952. The van der Waals surface area contributed by atoms with Crippen molar-refractivity contribution >= 4 is 40.6 Å². The quantitative estimate of drug-likeness (QED) is 0.147. The molecule has 0 amide bonds. The van der Waals surface area contributed by atoms with Crippen LogP contribution < -0.4 is 124 Å². The van der Waals surface area contributed by atoms with Crippen LogP contribution in [0.3, 0.4) is 0 Å². The Hall–Kier alpha value is 1.48. The molecule has 0 saturated carbocycles. The summed E-state index contributed by atoms with van der Waals surface area (Å²) in [4.78, 5) is 61.8. The second kappa shape index (κ2) is 13.7. The van der Waals surface area contributed by atoms with Crippen LogP contribution in [0.25, 0.3) is 11.2 Å². The molecule has 0 radical (unpaired) electrons. The second-order valence-electron chi connectivity index (χ2n) is 6.49. The number of aliphatic hydroxyl groups excluding tert-OH is 1. The molecule has 2 aromatic heterocycles. The number of phosphoric acid groups is 3. The van der Waals surface area contributed by atoms with Gasteiger partial charge in [-0.15, -0.1) is 0 Å². The smallest absolute Gasteiger partial charge is 0.790 e. The van der Waals surface area contributed by atoms with Gasteiger partial charge in [-0.2, -0.15) is 0 Å². The van der Waals surface area contributed by atoms with Crippen LogP contribution in [-0.2, 0) is 38.6 Å². The van der Waals surface area contributed by atoms with Crippen molar-refractivity contribution in [1.82, 2.24) is 14.5 Å². The fraction of sp³-hybridized carbons (Fsp3) is 0.545. The molecule has 1 fully saturated rings. The maximum Gasteiger partial charge on any atom is 1.00 e. The monoisotopic (exact) mass is 587 g/mol. The molecule has 3 rings (SSSR count). The van der Waals surface area contributed by atoms with E-state index in [2.05, 4.69) is 23.1 Å². The predicted octanol–water partition coefficient (Wildman–Crippen LogP) is -13.4. The van der Waals surface area contributed by atoms with E-state index in [-0.39, 0.29) is 112 Å². The molecule has 24 heteroatoms. The van der Waals surface area contributed by atoms with Crippen molar-refractivity contribution in [2.24, 2.45) is 7.05 Å². The third-order valence-corrected chi connectivity index (χ3v) is 7.77. The first-order valence-electron chi connectivity index (χ1n) is 8.38. The van der Waals surface area contributed by atoms with Crippen molar-refractivity contribution in [2.45, 2.75) is 24.9 Å². The SMILES string of the molecule is Cn1c[n+](C2CC(O)C(COP(=O)([O-])OP(=O)([O-])OP(=O)([O-])[O-])O2)c2nc(N)[nH]c(=O)c21.[Na+].[Na+].[Na+]. The Morgan fingerprint density at radius 2 is 1.83 bits per heavy atom. The number of hydrogen-bond acceptors (Lipinski definition) is 15. The molecule has 5 unspecified atom stereocenters. The third kappa shape index (κ3) is 9.87. The summed E-state index contributed by atoms with van der Waals surface area (Å²) in [6, 6.07) is 0. The van der Waals surface area contributed by atoms with Gasteiger partial charge >= 0.3 is 94.3 Å². The van der Waals surface area contributed by atoms with Gasteiger partial charge in [0.25, 0.3) is 27.2 Å². The van der Waals surface area contributed by atoms with Gasteiger partial charge in [-0.1, -0.05) is 4.98 Å². The zero-order valence-electron chi connectivity index (χ0n) is 18.8. The van der Waals surface area contributed by atoms with Crippen LogP contribution in [0.4, 0.5) is 5.95 Å². The standard InChI is InChI=1S/C11H18N5O13P3.3Na/c1-15-4-16(9-8(15)10(18)14-11(12)13-9)7-2-5(17)6(27-7)3-26-31(22,23)29-32(24,25)28-30(19,20)21;;;/h4-7,17H,2-3H2,1H3,(H6-,12,13,14,18,19,20,21,22,23,24,25);;;/q;3*+1/p-3. The average Bonchev–Trinajstić information content (AvgIpc) is 3.09. The summed E-state index contributed by atoms with van der Waals surface area (Å²) in [7, 11) is -16.4. The van der Waals surface area contributed by atoms with Gasteiger partial charge in [0.1, 0.15) is 6.10 Å². The number of ether oxygens (including phenoxy) is 1. The minimum Gasteiger partial charge on any atom is -0.790 e. The largest absolute Gasteiger partial charge is 1.00 e. The Balaban J connectivity index is 0.00000385. The summed E-state index contributed by atoms with van der Waals surface area (Å²) >= 11 is 0. The van der Waals surface area contributed by atoms with E-state index in [1.54, 1.807) is 0 Å². The van der Waals surface area contributed by atoms with E-state index in [4.69, 9.17) is 10.5 Å². The third-order valence-electron chi connectivity index (χ3n) is 4.10. The number of rotatable bonds is 8. The molecule has 4 N–H and O–H groups in total. The number of aryl methyl sites for hydroxylation is 1. The first kappa shape index (κ1) is 36.5. The van der Waals surface area contributed by atoms with Crippen molar-refractivity contribution < 1.29 is 149 Å². The summed E-state index contributed by atoms with van der Waals surface area (Å²) < 4.78 is 52.2. The van der Waals surface area contributed by atoms with Crippen LogP contribution in [0.15, 0.2) is 11.1 Å². The molecule has 1 aliphatic heterocycles. The number of nitrogen functional groups attached to an aromatic ring is 1. The second-order valence-corrected chi connectivity index (χ2v) is 10.7. The maximum absolute atomic E-state index is 12.1. The summed E-state index contributed by atoms with van der Waals surface area (Å²) in [5.74, 6) is -0.185. The summed E-state index contributed by atoms with van der Waals surface area (Å²) in [5, 5.41) is 10.2. The average molecular weight is 587 g/mol. The van der Waals surface area contributed by atoms with Crippen LogP contribution >= 0.6 is 23.5 Å². The minimum atomic E-state index is -6.12. The Bertz CT molecular complexity index is 1240. The number of imidazole rings is 1. The van der Waals surface area contributed by atoms with E-state index in [9.17, 15) is 43.2 Å². The zero-order valence-corrected chi connectivity index (χ0v) is 27.5. The molecule has 1 saturated heterocycles. The van der Waals surface area contributed by atoms with Crippen molar-refractivity contribution in [3.63, 3.8) is 0 Å². The molecular weight excluding hydrogens is 572 g/mol.